The second-order valence-electron chi connectivity index (χ2n) is 2.48. The maximum absolute atomic E-state index is 10.9. The lowest BCUT2D eigenvalue weighted by molar-refractivity contribution is -0.150. The molecule has 0 aliphatic rings. The second-order valence-corrected chi connectivity index (χ2v) is 2.48. The first-order valence-electron chi connectivity index (χ1n) is 3.37. The molecule has 0 amide bonds. The zero-order valence-corrected chi connectivity index (χ0v) is 7.36. The van der Waals surface area contributed by atoms with Crippen LogP contribution in [0.5, 0.6) is 0 Å². The van der Waals surface area contributed by atoms with Crippen molar-refractivity contribution in [2.24, 2.45) is 0 Å². The minimum absolute atomic E-state index is 0.294. The highest BCUT2D eigenvalue weighted by atomic mass is 16.6. The van der Waals surface area contributed by atoms with E-state index in [2.05, 4.69) is 9.47 Å². The van der Waals surface area contributed by atoms with E-state index in [-0.39, 0.29) is 0 Å². The van der Waals surface area contributed by atoms with Crippen LogP contribution in [0.2, 0.25) is 0 Å². The molecule has 0 rings (SSSR count). The van der Waals surface area contributed by atoms with E-state index >= 15 is 0 Å². The third kappa shape index (κ3) is 3.92. The van der Waals surface area contributed by atoms with Gasteiger partial charge in [-0.05, 0) is 14.1 Å². The molecule has 1 radical (unpaired) electrons. The number of hydrogen-bond donors (Lipinski definition) is 0. The standard InChI is InChI=1S/C7H12NO4/c1-8(2)4-6(12-5-9)7(10)11-3/h6H,4H2,1-3H3. The van der Waals surface area contributed by atoms with Gasteiger partial charge in [0.15, 0.2) is 0 Å². The van der Waals surface area contributed by atoms with Gasteiger partial charge in [-0.2, -0.15) is 0 Å². The van der Waals surface area contributed by atoms with E-state index in [1.165, 1.54) is 13.6 Å². The molecule has 0 heterocycles. The SMILES string of the molecule is COC(=O)C(CN(C)C)O[C]=O. The summed E-state index contributed by atoms with van der Waals surface area (Å²) in [7, 11) is 4.74. The van der Waals surface area contributed by atoms with Gasteiger partial charge in [-0.15, -0.1) is 0 Å². The average Bonchev–Trinajstić information content (AvgIpc) is 2.01. The summed E-state index contributed by atoms with van der Waals surface area (Å²) in [6.07, 6.45) is -0.887. The van der Waals surface area contributed by atoms with Crippen LogP contribution < -0.4 is 0 Å². The molecular formula is C7H12NO4. The first kappa shape index (κ1) is 10.9. The molecule has 0 bridgehead atoms. The molecule has 5 heteroatoms. The number of carbonyl (C=O) groups excluding carboxylic acids is 2. The van der Waals surface area contributed by atoms with E-state index in [1.807, 2.05) is 0 Å². The highest BCUT2D eigenvalue weighted by molar-refractivity contribution is 5.76. The molecule has 0 N–H and O–H groups in total. The Morgan fingerprint density at radius 2 is 2.17 bits per heavy atom. The van der Waals surface area contributed by atoms with Gasteiger partial charge < -0.3 is 14.4 Å². The van der Waals surface area contributed by atoms with E-state index in [0.29, 0.717) is 6.54 Å². The molecule has 5 nitrogen and oxygen atoms in total. The average molecular weight is 174 g/mol. The first-order chi connectivity index (χ1) is 5.61. The highest BCUT2D eigenvalue weighted by Crippen LogP contribution is 1.94. The van der Waals surface area contributed by atoms with Crippen LogP contribution in [0.3, 0.4) is 0 Å². The van der Waals surface area contributed by atoms with Crippen molar-refractivity contribution in [3.8, 4) is 0 Å². The van der Waals surface area contributed by atoms with Crippen LogP contribution in [0.25, 0.3) is 0 Å². The Bertz CT molecular complexity index is 157. The zero-order valence-electron chi connectivity index (χ0n) is 7.36. The Morgan fingerprint density at radius 3 is 2.50 bits per heavy atom. The van der Waals surface area contributed by atoms with Gasteiger partial charge in [-0.25, -0.2) is 9.59 Å². The number of methoxy groups -OCH3 is 1. The lowest BCUT2D eigenvalue weighted by Gasteiger charge is -2.16. The topological polar surface area (TPSA) is 55.8 Å². The number of carbonyl (C=O) groups is 1. The molecule has 1 atom stereocenters. The van der Waals surface area contributed by atoms with Crippen molar-refractivity contribution in [1.82, 2.24) is 4.90 Å². The molecule has 0 aliphatic heterocycles. The molecule has 0 saturated carbocycles. The summed E-state index contributed by atoms with van der Waals surface area (Å²) in [5, 5.41) is 0. The van der Waals surface area contributed by atoms with E-state index in [0.717, 1.165) is 0 Å². The summed E-state index contributed by atoms with van der Waals surface area (Å²) in [6, 6.07) is 0. The summed E-state index contributed by atoms with van der Waals surface area (Å²) in [5.41, 5.74) is 0. The maximum Gasteiger partial charge on any atom is 0.418 e. The smallest absolute Gasteiger partial charge is 0.418 e. The van der Waals surface area contributed by atoms with Crippen LogP contribution in [0.15, 0.2) is 0 Å². The second kappa shape index (κ2) is 5.54. The molecule has 0 aromatic rings. The molecule has 0 saturated heterocycles. The van der Waals surface area contributed by atoms with Crippen LogP contribution in [-0.4, -0.2) is 51.2 Å². The Morgan fingerprint density at radius 1 is 1.58 bits per heavy atom. The van der Waals surface area contributed by atoms with E-state index in [1.54, 1.807) is 19.0 Å². The fraction of sp³-hybridized carbons (Fsp3) is 0.714. The molecule has 1 unspecified atom stereocenters. The van der Waals surface area contributed by atoms with Crippen molar-refractivity contribution < 1.29 is 19.1 Å². The van der Waals surface area contributed by atoms with Crippen LogP contribution in [0, 0.1) is 0 Å². The normalized spacial score (nSPS) is 12.3. The Balaban J connectivity index is 4.02. The molecule has 0 spiro atoms. The lowest BCUT2D eigenvalue weighted by Crippen LogP contribution is -2.35. The van der Waals surface area contributed by atoms with Crippen molar-refractivity contribution in [2.75, 3.05) is 27.7 Å². The molecule has 0 fully saturated rings. The Kier molecular flexibility index (Phi) is 5.03. The molecule has 69 valence electrons. The Labute approximate surface area is 71.2 Å². The quantitative estimate of drug-likeness (QED) is 0.509. The Hall–Kier alpha value is -1.10. The minimum atomic E-state index is -0.887. The predicted octanol–water partition coefficient (Wildman–Crippen LogP) is -0.827. The predicted molar refractivity (Wildman–Crippen MR) is 41.1 cm³/mol. The van der Waals surface area contributed by atoms with Crippen LogP contribution in [0.1, 0.15) is 0 Å². The summed E-state index contributed by atoms with van der Waals surface area (Å²) in [6.45, 7) is 1.50. The van der Waals surface area contributed by atoms with Gasteiger partial charge in [0, 0.05) is 6.54 Å². The number of rotatable bonds is 5. The van der Waals surface area contributed by atoms with Crippen molar-refractivity contribution in [1.29, 1.82) is 0 Å². The van der Waals surface area contributed by atoms with Gasteiger partial charge >= 0.3 is 12.4 Å². The summed E-state index contributed by atoms with van der Waals surface area (Å²) in [5.74, 6) is -0.577. The monoisotopic (exact) mass is 174 g/mol. The van der Waals surface area contributed by atoms with E-state index in [4.69, 9.17) is 0 Å². The van der Waals surface area contributed by atoms with Crippen LogP contribution >= 0.6 is 0 Å². The third-order valence-corrected chi connectivity index (χ3v) is 1.19. The van der Waals surface area contributed by atoms with Crippen molar-refractivity contribution >= 4 is 12.4 Å². The number of nitrogens with zero attached hydrogens (tertiary/aromatic N) is 1. The largest absolute Gasteiger partial charge is 0.466 e. The summed E-state index contributed by atoms with van der Waals surface area (Å²) in [4.78, 5) is 22.4. The van der Waals surface area contributed by atoms with Crippen molar-refractivity contribution in [2.45, 2.75) is 6.10 Å². The first-order valence-corrected chi connectivity index (χ1v) is 3.37. The van der Waals surface area contributed by atoms with Gasteiger partial charge in [-0.1, -0.05) is 0 Å². The minimum Gasteiger partial charge on any atom is -0.466 e. The zero-order chi connectivity index (χ0) is 9.56. The molecule has 12 heavy (non-hydrogen) atoms. The van der Waals surface area contributed by atoms with Crippen LogP contribution in [0.4, 0.5) is 0 Å². The number of esters is 1. The van der Waals surface area contributed by atoms with Crippen LogP contribution in [-0.2, 0) is 19.1 Å². The van der Waals surface area contributed by atoms with Gasteiger partial charge in [0.25, 0.3) is 0 Å². The third-order valence-electron chi connectivity index (χ3n) is 1.19. The van der Waals surface area contributed by atoms with Gasteiger partial charge in [-0.3, -0.25) is 0 Å². The number of hydrogen-bond acceptors (Lipinski definition) is 5. The fourth-order valence-corrected chi connectivity index (χ4v) is 0.681. The van der Waals surface area contributed by atoms with Crippen molar-refractivity contribution in [3.63, 3.8) is 0 Å². The van der Waals surface area contributed by atoms with Crippen molar-refractivity contribution in [3.05, 3.63) is 0 Å². The van der Waals surface area contributed by atoms with Gasteiger partial charge in [0.2, 0.25) is 6.10 Å². The lowest BCUT2D eigenvalue weighted by atomic mass is 10.3. The number of ether oxygens (including phenoxy) is 2. The summed E-state index contributed by atoms with van der Waals surface area (Å²) < 4.78 is 8.78. The highest BCUT2D eigenvalue weighted by Gasteiger charge is 2.21. The molecular weight excluding hydrogens is 162 g/mol. The fourth-order valence-electron chi connectivity index (χ4n) is 0.681. The molecule has 0 aromatic heterocycles. The maximum atomic E-state index is 10.9. The molecule has 0 aliphatic carbocycles. The number of likely N-dealkylation sites (N-methyl/N-ethyl adjacent to an activating group) is 1. The van der Waals surface area contributed by atoms with Gasteiger partial charge in [0.05, 0.1) is 7.11 Å². The van der Waals surface area contributed by atoms with Gasteiger partial charge in [0.1, 0.15) is 0 Å². The van der Waals surface area contributed by atoms with E-state index in [9.17, 15) is 9.59 Å². The summed E-state index contributed by atoms with van der Waals surface area (Å²) >= 11 is 0. The molecule has 0 aromatic carbocycles. The van der Waals surface area contributed by atoms with E-state index < -0.39 is 12.1 Å².